The molecule has 1 aromatic heterocycles. The minimum absolute atomic E-state index is 0.0136. The highest BCUT2D eigenvalue weighted by atomic mass is 32.2. The second-order valence-corrected chi connectivity index (χ2v) is 5.56. The summed E-state index contributed by atoms with van der Waals surface area (Å²) in [4.78, 5) is 20.2. The molecule has 21 heavy (non-hydrogen) atoms. The van der Waals surface area contributed by atoms with Gasteiger partial charge in [0.2, 0.25) is 5.91 Å². The maximum atomic E-state index is 12.1. The quantitative estimate of drug-likeness (QED) is 0.693. The van der Waals surface area contributed by atoms with Crippen LogP contribution in [-0.2, 0) is 4.79 Å². The van der Waals surface area contributed by atoms with Gasteiger partial charge in [-0.3, -0.25) is 4.79 Å². The van der Waals surface area contributed by atoms with Crippen molar-refractivity contribution in [3.63, 3.8) is 0 Å². The summed E-state index contributed by atoms with van der Waals surface area (Å²) in [5.74, 6) is 1.14. The number of benzene rings is 1. The molecule has 0 fully saturated rings. The zero-order valence-electron chi connectivity index (χ0n) is 11.4. The second kappa shape index (κ2) is 6.58. The van der Waals surface area contributed by atoms with E-state index in [9.17, 15) is 4.79 Å². The van der Waals surface area contributed by atoms with Crippen LogP contribution in [0, 0.1) is 0 Å². The first-order valence-corrected chi connectivity index (χ1v) is 7.72. The molecule has 0 unspecified atom stereocenters. The molecule has 0 aliphatic carbocycles. The minimum atomic E-state index is -0.0193. The van der Waals surface area contributed by atoms with Gasteiger partial charge in [0, 0.05) is 24.4 Å². The van der Waals surface area contributed by atoms with Gasteiger partial charge < -0.3 is 10.1 Å². The third kappa shape index (κ3) is 3.52. The zero-order chi connectivity index (χ0) is 14.5. The van der Waals surface area contributed by atoms with E-state index in [4.69, 9.17) is 4.74 Å². The third-order valence-electron chi connectivity index (χ3n) is 3.17. The monoisotopic (exact) mass is 301 g/mol. The number of hydrogen-bond acceptors (Lipinski definition) is 5. The Bertz CT molecular complexity index is 621. The number of fused-ring (bicyclic) bond motifs is 1. The van der Waals surface area contributed by atoms with Crippen LogP contribution in [-0.4, -0.2) is 28.2 Å². The van der Waals surface area contributed by atoms with E-state index in [1.54, 1.807) is 18.5 Å². The molecule has 1 N–H and O–H groups in total. The van der Waals surface area contributed by atoms with E-state index in [-0.39, 0.29) is 11.9 Å². The average Bonchev–Trinajstić information content (AvgIpc) is 2.54. The molecule has 5 nitrogen and oxygen atoms in total. The minimum Gasteiger partial charge on any atom is -0.493 e. The van der Waals surface area contributed by atoms with Gasteiger partial charge in [-0.2, -0.15) is 0 Å². The summed E-state index contributed by atoms with van der Waals surface area (Å²) in [7, 11) is 0. The predicted molar refractivity (Wildman–Crippen MR) is 80.2 cm³/mol. The SMILES string of the molecule is O=C(CSc1ncccn1)N[C@@H]1CCOc2ccccc21. The summed E-state index contributed by atoms with van der Waals surface area (Å²) in [6.07, 6.45) is 4.12. The highest BCUT2D eigenvalue weighted by Gasteiger charge is 2.22. The highest BCUT2D eigenvalue weighted by Crippen LogP contribution is 2.31. The Balaban J connectivity index is 1.58. The Morgan fingerprint density at radius 1 is 1.29 bits per heavy atom. The van der Waals surface area contributed by atoms with Crippen LogP contribution in [0.5, 0.6) is 5.75 Å². The van der Waals surface area contributed by atoms with E-state index in [0.717, 1.165) is 17.7 Å². The van der Waals surface area contributed by atoms with Crippen molar-refractivity contribution in [1.29, 1.82) is 0 Å². The number of para-hydroxylation sites is 1. The molecule has 0 bridgehead atoms. The number of aromatic nitrogens is 2. The summed E-state index contributed by atoms with van der Waals surface area (Å²) in [6, 6.07) is 9.58. The number of rotatable bonds is 4. The molecule has 0 saturated heterocycles. The lowest BCUT2D eigenvalue weighted by molar-refractivity contribution is -0.119. The first kappa shape index (κ1) is 13.9. The van der Waals surface area contributed by atoms with Crippen LogP contribution in [0.4, 0.5) is 0 Å². The first-order chi connectivity index (χ1) is 10.3. The summed E-state index contributed by atoms with van der Waals surface area (Å²) in [5, 5.41) is 3.66. The van der Waals surface area contributed by atoms with Gasteiger partial charge in [-0.1, -0.05) is 30.0 Å². The van der Waals surface area contributed by atoms with Gasteiger partial charge in [-0.25, -0.2) is 9.97 Å². The number of hydrogen-bond donors (Lipinski definition) is 1. The average molecular weight is 301 g/mol. The number of nitrogens with zero attached hydrogens (tertiary/aromatic N) is 2. The Labute approximate surface area is 127 Å². The van der Waals surface area contributed by atoms with Crippen molar-refractivity contribution in [2.24, 2.45) is 0 Å². The molecular weight excluding hydrogens is 286 g/mol. The van der Waals surface area contributed by atoms with Gasteiger partial charge in [0.05, 0.1) is 18.4 Å². The van der Waals surface area contributed by atoms with Crippen molar-refractivity contribution in [3.05, 3.63) is 48.3 Å². The Kier molecular flexibility index (Phi) is 4.35. The highest BCUT2D eigenvalue weighted by molar-refractivity contribution is 7.99. The van der Waals surface area contributed by atoms with E-state index in [1.165, 1.54) is 11.8 Å². The largest absolute Gasteiger partial charge is 0.493 e. The summed E-state index contributed by atoms with van der Waals surface area (Å²) >= 11 is 1.33. The zero-order valence-corrected chi connectivity index (χ0v) is 12.2. The standard InChI is InChI=1S/C15H15N3O2S/c19-14(10-21-15-16-7-3-8-17-15)18-12-6-9-20-13-5-2-1-4-11(12)13/h1-5,7-8,12H,6,9-10H2,(H,18,19)/t12-/m1/s1. The molecule has 2 aromatic rings. The molecule has 3 rings (SSSR count). The molecular formula is C15H15N3O2S. The van der Waals surface area contributed by atoms with Crippen molar-refractivity contribution in [2.45, 2.75) is 17.6 Å². The molecule has 108 valence electrons. The van der Waals surface area contributed by atoms with Crippen molar-refractivity contribution in [3.8, 4) is 5.75 Å². The normalized spacial score (nSPS) is 16.7. The van der Waals surface area contributed by atoms with Gasteiger partial charge in [0.25, 0.3) is 0 Å². The van der Waals surface area contributed by atoms with Crippen LogP contribution in [0.2, 0.25) is 0 Å². The molecule has 1 aliphatic heterocycles. The number of nitrogens with one attached hydrogen (secondary N) is 1. The number of carbonyl (C=O) groups is 1. The molecule has 1 amide bonds. The van der Waals surface area contributed by atoms with Crippen molar-refractivity contribution < 1.29 is 9.53 Å². The van der Waals surface area contributed by atoms with E-state index in [2.05, 4.69) is 15.3 Å². The van der Waals surface area contributed by atoms with Crippen molar-refractivity contribution in [2.75, 3.05) is 12.4 Å². The Morgan fingerprint density at radius 3 is 2.95 bits per heavy atom. The van der Waals surface area contributed by atoms with Crippen LogP contribution in [0.3, 0.4) is 0 Å². The van der Waals surface area contributed by atoms with Gasteiger partial charge >= 0.3 is 0 Å². The maximum absolute atomic E-state index is 12.1. The van der Waals surface area contributed by atoms with Gasteiger partial charge in [0.1, 0.15) is 5.75 Å². The fourth-order valence-corrected chi connectivity index (χ4v) is 2.83. The van der Waals surface area contributed by atoms with E-state index in [1.807, 2.05) is 24.3 Å². The molecule has 0 saturated carbocycles. The van der Waals surface area contributed by atoms with Gasteiger partial charge in [-0.05, 0) is 12.1 Å². The lowest BCUT2D eigenvalue weighted by atomic mass is 10.0. The smallest absolute Gasteiger partial charge is 0.230 e. The lowest BCUT2D eigenvalue weighted by Crippen LogP contribution is -2.33. The van der Waals surface area contributed by atoms with Gasteiger partial charge in [-0.15, -0.1) is 0 Å². The van der Waals surface area contributed by atoms with Crippen molar-refractivity contribution >= 4 is 17.7 Å². The summed E-state index contributed by atoms with van der Waals surface area (Å²) < 4.78 is 5.59. The number of carbonyl (C=O) groups excluding carboxylic acids is 1. The van der Waals surface area contributed by atoms with Crippen LogP contribution >= 0.6 is 11.8 Å². The van der Waals surface area contributed by atoms with Crippen LogP contribution in [0.15, 0.2) is 47.9 Å². The Morgan fingerprint density at radius 2 is 2.10 bits per heavy atom. The fraction of sp³-hybridized carbons (Fsp3) is 0.267. The summed E-state index contributed by atoms with van der Waals surface area (Å²) in [6.45, 7) is 0.622. The summed E-state index contributed by atoms with van der Waals surface area (Å²) in [5.41, 5.74) is 1.04. The molecule has 2 heterocycles. The maximum Gasteiger partial charge on any atom is 0.230 e. The van der Waals surface area contributed by atoms with Crippen LogP contribution in [0.25, 0.3) is 0 Å². The molecule has 6 heteroatoms. The number of amides is 1. The number of thioether (sulfide) groups is 1. The topological polar surface area (TPSA) is 64.1 Å². The lowest BCUT2D eigenvalue weighted by Gasteiger charge is -2.26. The van der Waals surface area contributed by atoms with Crippen LogP contribution in [0.1, 0.15) is 18.0 Å². The number of ether oxygens (including phenoxy) is 1. The molecule has 1 atom stereocenters. The van der Waals surface area contributed by atoms with E-state index < -0.39 is 0 Å². The Hall–Kier alpha value is -2.08. The predicted octanol–water partition coefficient (Wildman–Crippen LogP) is 2.21. The molecule has 1 aliphatic rings. The first-order valence-electron chi connectivity index (χ1n) is 6.74. The van der Waals surface area contributed by atoms with Crippen molar-refractivity contribution in [1.82, 2.24) is 15.3 Å². The van der Waals surface area contributed by atoms with E-state index >= 15 is 0 Å². The van der Waals surface area contributed by atoms with Crippen LogP contribution < -0.4 is 10.1 Å². The molecule has 1 aromatic carbocycles. The second-order valence-electron chi connectivity index (χ2n) is 4.62. The third-order valence-corrected chi connectivity index (χ3v) is 4.04. The van der Waals surface area contributed by atoms with Gasteiger partial charge in [0.15, 0.2) is 5.16 Å². The molecule has 0 spiro atoms. The molecule has 0 radical (unpaired) electrons. The van der Waals surface area contributed by atoms with E-state index in [0.29, 0.717) is 17.5 Å². The fourth-order valence-electron chi connectivity index (χ4n) is 2.22.